The lowest BCUT2D eigenvalue weighted by atomic mass is 10.3. The standard InChI is InChI=1S/C13H23N3/c1-5-7-14-10-15(8-6-2)12-16(11-14)9-13(3)4/h5-6H,1-3,7-12H2,4H3. The van der Waals surface area contributed by atoms with Crippen molar-refractivity contribution >= 4 is 0 Å². The molecule has 0 aromatic carbocycles. The maximum Gasteiger partial charge on any atom is 0.0536 e. The highest BCUT2D eigenvalue weighted by atomic mass is 15.5. The minimum Gasteiger partial charge on any atom is -0.274 e. The van der Waals surface area contributed by atoms with Gasteiger partial charge in [0.15, 0.2) is 0 Å². The molecule has 0 amide bonds. The number of nitrogens with zero attached hydrogens (tertiary/aromatic N) is 3. The van der Waals surface area contributed by atoms with Crippen LogP contribution in [0.15, 0.2) is 37.5 Å². The molecule has 0 unspecified atom stereocenters. The third-order valence-corrected chi connectivity index (χ3v) is 2.47. The van der Waals surface area contributed by atoms with Crippen LogP contribution in [-0.2, 0) is 0 Å². The van der Waals surface area contributed by atoms with Crippen molar-refractivity contribution in [1.29, 1.82) is 0 Å². The van der Waals surface area contributed by atoms with Gasteiger partial charge >= 0.3 is 0 Å². The highest BCUT2D eigenvalue weighted by Gasteiger charge is 2.21. The van der Waals surface area contributed by atoms with Crippen LogP contribution in [0.5, 0.6) is 0 Å². The second kappa shape index (κ2) is 6.63. The molecular formula is C13H23N3. The Kier molecular flexibility index (Phi) is 5.46. The molecule has 1 fully saturated rings. The van der Waals surface area contributed by atoms with Crippen molar-refractivity contribution < 1.29 is 0 Å². The maximum atomic E-state index is 3.97. The SMILES string of the molecule is C=CCN1CN(CC=C)CN(CC(=C)C)C1. The first kappa shape index (κ1) is 13.2. The summed E-state index contributed by atoms with van der Waals surface area (Å²) in [6.45, 7) is 19.4. The minimum atomic E-state index is 0.931. The molecule has 0 saturated carbocycles. The van der Waals surface area contributed by atoms with E-state index < -0.39 is 0 Å². The van der Waals surface area contributed by atoms with Crippen molar-refractivity contribution in [2.45, 2.75) is 6.92 Å². The number of rotatable bonds is 6. The van der Waals surface area contributed by atoms with Gasteiger partial charge in [0.1, 0.15) is 0 Å². The van der Waals surface area contributed by atoms with Gasteiger partial charge in [0.25, 0.3) is 0 Å². The van der Waals surface area contributed by atoms with Gasteiger partial charge in [0.05, 0.1) is 20.0 Å². The summed E-state index contributed by atoms with van der Waals surface area (Å²) in [6, 6.07) is 0. The van der Waals surface area contributed by atoms with Crippen molar-refractivity contribution in [3.63, 3.8) is 0 Å². The largest absolute Gasteiger partial charge is 0.274 e. The minimum absolute atomic E-state index is 0.931. The molecule has 90 valence electrons. The summed E-state index contributed by atoms with van der Waals surface area (Å²) < 4.78 is 0. The maximum absolute atomic E-state index is 3.97. The summed E-state index contributed by atoms with van der Waals surface area (Å²) in [5.41, 5.74) is 1.21. The van der Waals surface area contributed by atoms with Crippen LogP contribution in [0.1, 0.15) is 6.92 Å². The van der Waals surface area contributed by atoms with E-state index >= 15 is 0 Å². The second-order valence-corrected chi connectivity index (χ2v) is 4.49. The topological polar surface area (TPSA) is 9.72 Å². The highest BCUT2D eigenvalue weighted by molar-refractivity contribution is 4.93. The molecule has 1 aliphatic heterocycles. The zero-order chi connectivity index (χ0) is 12.0. The highest BCUT2D eigenvalue weighted by Crippen LogP contribution is 2.08. The van der Waals surface area contributed by atoms with Gasteiger partial charge in [-0.15, -0.1) is 13.2 Å². The summed E-state index contributed by atoms with van der Waals surface area (Å²) >= 11 is 0. The van der Waals surface area contributed by atoms with E-state index in [1.165, 1.54) is 5.57 Å². The fourth-order valence-corrected chi connectivity index (χ4v) is 2.06. The van der Waals surface area contributed by atoms with E-state index in [2.05, 4.69) is 41.4 Å². The van der Waals surface area contributed by atoms with Gasteiger partial charge in [0, 0.05) is 19.6 Å². The monoisotopic (exact) mass is 221 g/mol. The van der Waals surface area contributed by atoms with Crippen LogP contribution in [0.3, 0.4) is 0 Å². The van der Waals surface area contributed by atoms with Crippen molar-refractivity contribution in [2.24, 2.45) is 0 Å². The van der Waals surface area contributed by atoms with E-state index in [4.69, 9.17) is 0 Å². The van der Waals surface area contributed by atoms with Crippen LogP contribution in [0.2, 0.25) is 0 Å². The normalized spacial score (nSPS) is 19.6. The average molecular weight is 221 g/mol. The Morgan fingerprint density at radius 3 is 1.81 bits per heavy atom. The zero-order valence-corrected chi connectivity index (χ0v) is 10.4. The van der Waals surface area contributed by atoms with Crippen molar-refractivity contribution in [3.05, 3.63) is 37.5 Å². The van der Waals surface area contributed by atoms with Gasteiger partial charge in [-0.1, -0.05) is 24.3 Å². The molecule has 3 nitrogen and oxygen atoms in total. The lowest BCUT2D eigenvalue weighted by molar-refractivity contribution is -0.0124. The summed E-state index contributed by atoms with van der Waals surface area (Å²) in [7, 11) is 0. The Hall–Kier alpha value is -0.900. The molecule has 1 saturated heterocycles. The molecule has 0 radical (unpaired) electrons. The lowest BCUT2D eigenvalue weighted by Crippen LogP contribution is -2.54. The summed E-state index contributed by atoms with van der Waals surface area (Å²) in [5, 5.41) is 0. The van der Waals surface area contributed by atoms with Crippen molar-refractivity contribution in [3.8, 4) is 0 Å². The quantitative estimate of drug-likeness (QED) is 0.632. The Labute approximate surface area is 99.3 Å². The van der Waals surface area contributed by atoms with E-state index in [1.807, 2.05) is 12.2 Å². The summed E-state index contributed by atoms with van der Waals surface area (Å²) in [4.78, 5) is 7.12. The Bertz CT molecular complexity index is 242. The molecule has 1 heterocycles. The smallest absolute Gasteiger partial charge is 0.0536 e. The molecule has 0 bridgehead atoms. The van der Waals surface area contributed by atoms with Gasteiger partial charge in [0.2, 0.25) is 0 Å². The molecule has 0 spiro atoms. The fourth-order valence-electron chi connectivity index (χ4n) is 2.06. The molecule has 3 heteroatoms. The van der Waals surface area contributed by atoms with Crippen LogP contribution in [-0.4, -0.2) is 54.3 Å². The Morgan fingerprint density at radius 2 is 1.44 bits per heavy atom. The van der Waals surface area contributed by atoms with Crippen LogP contribution < -0.4 is 0 Å². The third-order valence-electron chi connectivity index (χ3n) is 2.47. The summed E-state index contributed by atoms with van der Waals surface area (Å²) in [5.74, 6) is 0. The molecule has 16 heavy (non-hydrogen) atoms. The molecule has 0 N–H and O–H groups in total. The number of hydrogen-bond acceptors (Lipinski definition) is 3. The first-order valence-corrected chi connectivity index (χ1v) is 5.69. The van der Waals surface area contributed by atoms with E-state index in [1.54, 1.807) is 0 Å². The molecule has 0 aliphatic carbocycles. The van der Waals surface area contributed by atoms with Gasteiger partial charge in [-0.05, 0) is 6.92 Å². The first-order chi connectivity index (χ1) is 7.65. The van der Waals surface area contributed by atoms with Gasteiger partial charge < -0.3 is 0 Å². The molecular weight excluding hydrogens is 198 g/mol. The van der Waals surface area contributed by atoms with Crippen LogP contribution in [0.25, 0.3) is 0 Å². The van der Waals surface area contributed by atoms with E-state index in [0.717, 1.165) is 39.6 Å². The van der Waals surface area contributed by atoms with Crippen molar-refractivity contribution in [1.82, 2.24) is 14.7 Å². The molecule has 1 aliphatic rings. The van der Waals surface area contributed by atoms with Gasteiger partial charge in [-0.3, -0.25) is 14.7 Å². The Balaban J connectivity index is 2.54. The summed E-state index contributed by atoms with van der Waals surface area (Å²) in [6.07, 6.45) is 3.91. The molecule has 0 aromatic heterocycles. The van der Waals surface area contributed by atoms with Crippen LogP contribution >= 0.6 is 0 Å². The molecule has 1 rings (SSSR count). The predicted octanol–water partition coefficient (Wildman–Crippen LogP) is 1.73. The third kappa shape index (κ3) is 4.31. The van der Waals surface area contributed by atoms with E-state index in [9.17, 15) is 0 Å². The fraction of sp³-hybridized carbons (Fsp3) is 0.538. The van der Waals surface area contributed by atoms with E-state index in [0.29, 0.717) is 0 Å². The van der Waals surface area contributed by atoms with Gasteiger partial charge in [-0.25, -0.2) is 0 Å². The van der Waals surface area contributed by atoms with Crippen LogP contribution in [0.4, 0.5) is 0 Å². The Morgan fingerprint density at radius 1 is 1.00 bits per heavy atom. The molecule has 0 atom stereocenters. The van der Waals surface area contributed by atoms with Gasteiger partial charge in [-0.2, -0.15) is 0 Å². The first-order valence-electron chi connectivity index (χ1n) is 5.69. The zero-order valence-electron chi connectivity index (χ0n) is 10.4. The predicted molar refractivity (Wildman–Crippen MR) is 69.9 cm³/mol. The van der Waals surface area contributed by atoms with Crippen LogP contribution in [0, 0.1) is 0 Å². The van der Waals surface area contributed by atoms with Crippen molar-refractivity contribution in [2.75, 3.05) is 39.6 Å². The number of hydrogen-bond donors (Lipinski definition) is 0. The van der Waals surface area contributed by atoms with E-state index in [-0.39, 0.29) is 0 Å². The molecule has 0 aromatic rings. The average Bonchev–Trinajstić information content (AvgIpc) is 2.17. The lowest BCUT2D eigenvalue weighted by Gasteiger charge is -2.41. The second-order valence-electron chi connectivity index (χ2n) is 4.49.